The molecule has 0 aliphatic heterocycles. The summed E-state index contributed by atoms with van der Waals surface area (Å²) in [4.78, 5) is 11.8. The van der Waals surface area contributed by atoms with Crippen molar-refractivity contribution in [3.05, 3.63) is 18.2 Å². The van der Waals surface area contributed by atoms with Crippen LogP contribution in [0.5, 0.6) is 11.5 Å². The molecule has 1 N–H and O–H groups in total. The molecule has 1 atom stereocenters. The van der Waals surface area contributed by atoms with Crippen LogP contribution in [-0.4, -0.2) is 47.9 Å². The molecule has 0 saturated carbocycles. The smallest absolute Gasteiger partial charge is 0.243 e. The van der Waals surface area contributed by atoms with Crippen LogP contribution >= 0.6 is 0 Å². The Bertz CT molecular complexity index is 615. The predicted octanol–water partition coefficient (Wildman–Crippen LogP) is 0.604. The van der Waals surface area contributed by atoms with E-state index >= 15 is 0 Å². The summed E-state index contributed by atoms with van der Waals surface area (Å²) in [6, 6.07) is 3.82. The summed E-state index contributed by atoms with van der Waals surface area (Å²) in [7, 11) is 0.651. The first-order valence-electron chi connectivity index (χ1n) is 6.19. The van der Waals surface area contributed by atoms with Crippen molar-refractivity contribution in [3.8, 4) is 11.5 Å². The number of methoxy groups -OCH3 is 2. The van der Waals surface area contributed by atoms with E-state index in [2.05, 4.69) is 5.32 Å². The van der Waals surface area contributed by atoms with Crippen molar-refractivity contribution < 1.29 is 22.7 Å². The fourth-order valence-corrected chi connectivity index (χ4v) is 3.13. The van der Waals surface area contributed by atoms with E-state index in [0.717, 1.165) is 10.6 Å². The third-order valence-electron chi connectivity index (χ3n) is 2.96. The van der Waals surface area contributed by atoms with Crippen LogP contribution in [0.25, 0.3) is 0 Å². The second-order valence-electron chi connectivity index (χ2n) is 4.39. The molecule has 1 aromatic rings. The fourth-order valence-electron chi connectivity index (χ4n) is 1.96. The second kappa shape index (κ2) is 6.66. The molecular weight excluding hydrogens is 296 g/mol. The topological polar surface area (TPSA) is 84.9 Å². The van der Waals surface area contributed by atoms with Crippen molar-refractivity contribution in [3.63, 3.8) is 0 Å². The van der Waals surface area contributed by atoms with Crippen molar-refractivity contribution >= 4 is 21.6 Å². The SMILES string of the molecule is CNC(=O)[C@@H](C)N(c1cc(OC)ccc1OC)S(C)(=O)=O. The molecule has 1 rings (SSSR count). The zero-order valence-electron chi connectivity index (χ0n) is 12.7. The molecule has 0 spiro atoms. The summed E-state index contributed by atoms with van der Waals surface area (Å²) < 4.78 is 35.5. The summed E-state index contributed by atoms with van der Waals surface area (Å²) in [5.41, 5.74) is 0.246. The van der Waals surface area contributed by atoms with Crippen LogP contribution in [-0.2, 0) is 14.8 Å². The van der Waals surface area contributed by atoms with Gasteiger partial charge in [0.2, 0.25) is 15.9 Å². The molecule has 8 heteroatoms. The molecule has 0 aliphatic rings. The van der Waals surface area contributed by atoms with E-state index in [1.165, 1.54) is 34.3 Å². The number of amides is 1. The van der Waals surface area contributed by atoms with Crippen LogP contribution in [0.2, 0.25) is 0 Å². The number of benzene rings is 1. The number of sulfonamides is 1. The number of hydrogen-bond donors (Lipinski definition) is 1. The minimum atomic E-state index is -3.69. The number of nitrogens with zero attached hydrogens (tertiary/aromatic N) is 1. The van der Waals surface area contributed by atoms with Crippen LogP contribution in [0.1, 0.15) is 6.92 Å². The molecular formula is C13H20N2O5S. The molecule has 118 valence electrons. The maximum Gasteiger partial charge on any atom is 0.243 e. The lowest BCUT2D eigenvalue weighted by Gasteiger charge is -2.29. The quantitative estimate of drug-likeness (QED) is 0.831. The van der Waals surface area contributed by atoms with Gasteiger partial charge in [0.15, 0.2) is 0 Å². The molecule has 0 saturated heterocycles. The summed E-state index contributed by atoms with van der Waals surface area (Å²) >= 11 is 0. The zero-order chi connectivity index (χ0) is 16.2. The van der Waals surface area contributed by atoms with Crippen LogP contribution in [0.3, 0.4) is 0 Å². The van der Waals surface area contributed by atoms with Crippen molar-refractivity contribution in [1.82, 2.24) is 5.32 Å². The Balaban J connectivity index is 3.49. The number of carbonyl (C=O) groups excluding carboxylic acids is 1. The average molecular weight is 316 g/mol. The van der Waals surface area contributed by atoms with Gasteiger partial charge in [-0.3, -0.25) is 9.10 Å². The largest absolute Gasteiger partial charge is 0.497 e. The Morgan fingerprint density at radius 3 is 2.33 bits per heavy atom. The first-order chi connectivity index (χ1) is 9.76. The Hall–Kier alpha value is -1.96. The number of rotatable bonds is 6. The third-order valence-corrected chi connectivity index (χ3v) is 4.19. The van der Waals surface area contributed by atoms with E-state index in [9.17, 15) is 13.2 Å². The zero-order valence-corrected chi connectivity index (χ0v) is 13.5. The molecule has 0 aromatic heterocycles. The van der Waals surface area contributed by atoms with E-state index in [1.807, 2.05) is 0 Å². The predicted molar refractivity (Wildman–Crippen MR) is 80.4 cm³/mol. The standard InChI is InChI=1S/C13H20N2O5S/c1-9(13(16)14-2)15(21(5,17)18)11-8-10(19-3)6-7-12(11)20-4/h6-9H,1-5H3,(H,14,16)/t9-/m1/s1. The van der Waals surface area contributed by atoms with Gasteiger partial charge in [-0.2, -0.15) is 0 Å². The summed E-state index contributed by atoms with van der Waals surface area (Å²) in [6.45, 7) is 1.50. The number of ether oxygens (including phenoxy) is 2. The molecule has 1 aromatic carbocycles. The minimum absolute atomic E-state index is 0.246. The Labute approximate surface area is 124 Å². The van der Waals surface area contributed by atoms with E-state index in [-0.39, 0.29) is 5.69 Å². The number of anilines is 1. The lowest BCUT2D eigenvalue weighted by Crippen LogP contribution is -2.47. The van der Waals surface area contributed by atoms with Crippen LogP contribution < -0.4 is 19.1 Å². The van der Waals surface area contributed by atoms with E-state index < -0.39 is 22.0 Å². The van der Waals surface area contributed by atoms with Crippen LogP contribution in [0.4, 0.5) is 5.69 Å². The van der Waals surface area contributed by atoms with Crippen molar-refractivity contribution in [2.75, 3.05) is 31.8 Å². The van der Waals surface area contributed by atoms with E-state index in [4.69, 9.17) is 9.47 Å². The molecule has 21 heavy (non-hydrogen) atoms. The van der Waals surface area contributed by atoms with E-state index in [1.54, 1.807) is 12.1 Å². The first-order valence-corrected chi connectivity index (χ1v) is 8.04. The molecule has 0 heterocycles. The highest BCUT2D eigenvalue weighted by Crippen LogP contribution is 2.35. The monoisotopic (exact) mass is 316 g/mol. The minimum Gasteiger partial charge on any atom is -0.497 e. The molecule has 0 aliphatic carbocycles. The third kappa shape index (κ3) is 3.78. The molecule has 0 bridgehead atoms. The van der Waals surface area contributed by atoms with Gasteiger partial charge >= 0.3 is 0 Å². The van der Waals surface area contributed by atoms with Crippen molar-refractivity contribution in [2.45, 2.75) is 13.0 Å². The van der Waals surface area contributed by atoms with Gasteiger partial charge in [0.05, 0.1) is 26.2 Å². The van der Waals surface area contributed by atoms with Gasteiger partial charge in [0.1, 0.15) is 17.5 Å². The van der Waals surface area contributed by atoms with Gasteiger partial charge < -0.3 is 14.8 Å². The van der Waals surface area contributed by atoms with Crippen molar-refractivity contribution in [2.24, 2.45) is 0 Å². The number of likely N-dealkylation sites (N-methyl/N-ethyl adjacent to an activating group) is 1. The maximum absolute atomic E-state index is 12.1. The maximum atomic E-state index is 12.1. The normalized spacial score (nSPS) is 12.4. The Morgan fingerprint density at radius 2 is 1.90 bits per heavy atom. The first kappa shape index (κ1) is 17.1. The summed E-state index contributed by atoms with van der Waals surface area (Å²) in [5.74, 6) is 0.367. The molecule has 0 fully saturated rings. The number of nitrogens with one attached hydrogen (secondary N) is 1. The van der Waals surface area contributed by atoms with Crippen LogP contribution in [0, 0.1) is 0 Å². The van der Waals surface area contributed by atoms with Gasteiger partial charge in [-0.15, -0.1) is 0 Å². The molecule has 1 amide bonds. The Morgan fingerprint density at radius 1 is 1.29 bits per heavy atom. The molecule has 0 unspecified atom stereocenters. The highest BCUT2D eigenvalue weighted by Gasteiger charge is 2.31. The average Bonchev–Trinajstić information content (AvgIpc) is 2.44. The van der Waals surface area contributed by atoms with Gasteiger partial charge in [-0.25, -0.2) is 8.42 Å². The van der Waals surface area contributed by atoms with E-state index in [0.29, 0.717) is 11.5 Å². The highest BCUT2D eigenvalue weighted by molar-refractivity contribution is 7.92. The summed E-state index contributed by atoms with van der Waals surface area (Å²) in [6.07, 6.45) is 1.03. The highest BCUT2D eigenvalue weighted by atomic mass is 32.2. The van der Waals surface area contributed by atoms with Gasteiger partial charge in [-0.1, -0.05) is 0 Å². The lowest BCUT2D eigenvalue weighted by atomic mass is 10.2. The fraction of sp³-hybridized carbons (Fsp3) is 0.462. The van der Waals surface area contributed by atoms with Gasteiger partial charge in [0, 0.05) is 13.1 Å². The van der Waals surface area contributed by atoms with Crippen LogP contribution in [0.15, 0.2) is 18.2 Å². The van der Waals surface area contributed by atoms with Gasteiger partial charge in [-0.05, 0) is 19.1 Å². The number of hydrogen-bond acceptors (Lipinski definition) is 5. The number of carbonyl (C=O) groups is 1. The molecule has 7 nitrogen and oxygen atoms in total. The second-order valence-corrected chi connectivity index (χ2v) is 6.25. The summed E-state index contributed by atoms with van der Waals surface area (Å²) in [5, 5.41) is 2.44. The molecule has 0 radical (unpaired) electrons. The lowest BCUT2D eigenvalue weighted by molar-refractivity contribution is -0.121. The van der Waals surface area contributed by atoms with Crippen molar-refractivity contribution in [1.29, 1.82) is 0 Å². The Kier molecular flexibility index (Phi) is 5.42. The van der Waals surface area contributed by atoms with Gasteiger partial charge in [0.25, 0.3) is 0 Å².